The first-order chi connectivity index (χ1) is 16.2. The molecule has 0 saturated carbocycles. The van der Waals surface area contributed by atoms with Crippen LogP contribution in [0.25, 0.3) is 22.4 Å². The van der Waals surface area contributed by atoms with Crippen LogP contribution < -0.4 is 14.2 Å². The fraction of sp³-hybridized carbons (Fsp3) is 0.115. The number of benzene rings is 3. The lowest BCUT2D eigenvalue weighted by atomic mass is 9.78. The first-order valence-electron chi connectivity index (χ1n) is 10.5. The Morgan fingerprint density at radius 3 is 2.42 bits per heavy atom. The Hall–Kier alpha value is -4.57. The smallest absolute Gasteiger partial charge is 0.244 e. The molecule has 0 radical (unpaired) electrons. The van der Waals surface area contributed by atoms with E-state index in [2.05, 4.69) is 28.4 Å². The molecule has 0 fully saturated rings. The molecule has 0 amide bonds. The Balaban J connectivity index is 1.47. The van der Waals surface area contributed by atoms with Crippen LogP contribution in [0.2, 0.25) is 0 Å². The molecule has 1 aromatic heterocycles. The molecule has 7 nitrogen and oxygen atoms in total. The van der Waals surface area contributed by atoms with Gasteiger partial charge in [-0.15, -0.1) is 5.10 Å². The van der Waals surface area contributed by atoms with E-state index >= 15 is 0 Å². The number of ether oxygens (including phenoxy) is 3. The molecule has 0 spiro atoms. The van der Waals surface area contributed by atoms with E-state index in [0.29, 0.717) is 17.4 Å². The first kappa shape index (κ1) is 19.1. The highest BCUT2D eigenvalue weighted by molar-refractivity contribution is 5.87. The number of nitrogens with one attached hydrogen (secondary N) is 2. The largest absolute Gasteiger partial charge is 0.454 e. The van der Waals surface area contributed by atoms with E-state index in [-0.39, 0.29) is 12.7 Å². The zero-order chi connectivity index (χ0) is 22.4. The Morgan fingerprint density at radius 1 is 0.909 bits per heavy atom. The summed E-state index contributed by atoms with van der Waals surface area (Å²) in [6, 6.07) is 26.1. The fourth-order valence-corrected chi connectivity index (χ4v) is 4.46. The van der Waals surface area contributed by atoms with Crippen LogP contribution in [0.3, 0.4) is 0 Å². The van der Waals surface area contributed by atoms with Gasteiger partial charge in [-0.3, -0.25) is 10.5 Å². The van der Waals surface area contributed by atoms with Crippen molar-refractivity contribution >= 4 is 5.90 Å². The van der Waals surface area contributed by atoms with E-state index in [9.17, 15) is 5.26 Å². The molecule has 3 aromatic carbocycles. The summed E-state index contributed by atoms with van der Waals surface area (Å²) in [4.78, 5) is 0. The number of hydrogen-bond acceptors (Lipinski definition) is 6. The quantitative estimate of drug-likeness (QED) is 0.466. The molecule has 0 saturated heterocycles. The van der Waals surface area contributed by atoms with Crippen molar-refractivity contribution in [3.63, 3.8) is 0 Å². The van der Waals surface area contributed by atoms with Gasteiger partial charge in [0.15, 0.2) is 11.5 Å². The summed E-state index contributed by atoms with van der Waals surface area (Å²) in [6.07, 6.45) is 0. The number of H-pyrrole nitrogens is 1. The SMILES string of the molecule is N#CC1C(=N)Oc2n[nH]c(-c3ccc4c(c3)OCO4)c2C1c1ccc(-c2ccccc2)cc1. The zero-order valence-electron chi connectivity index (χ0n) is 17.4. The average Bonchev–Trinajstić information content (AvgIpc) is 3.50. The molecule has 2 aliphatic heterocycles. The minimum absolute atomic E-state index is 0.106. The van der Waals surface area contributed by atoms with Crippen molar-refractivity contribution in [2.45, 2.75) is 5.92 Å². The molecular weight excluding hydrogens is 416 g/mol. The second-order valence-electron chi connectivity index (χ2n) is 7.92. The van der Waals surface area contributed by atoms with Gasteiger partial charge < -0.3 is 14.2 Å². The Morgan fingerprint density at radius 2 is 1.64 bits per heavy atom. The predicted octanol–water partition coefficient (Wildman–Crippen LogP) is 5.11. The Bertz CT molecular complexity index is 1400. The fourth-order valence-electron chi connectivity index (χ4n) is 4.46. The molecule has 3 heterocycles. The lowest BCUT2D eigenvalue weighted by Crippen LogP contribution is -2.30. The molecule has 7 heteroatoms. The van der Waals surface area contributed by atoms with Gasteiger partial charge in [-0.05, 0) is 34.9 Å². The van der Waals surface area contributed by atoms with Gasteiger partial charge in [-0.2, -0.15) is 5.26 Å². The Kier molecular flexibility index (Phi) is 4.37. The molecule has 0 bridgehead atoms. The standard InChI is InChI=1S/C26H18N4O3/c27-13-19-22(17-8-6-16(7-9-17)15-4-2-1-3-5-15)23-24(29-30-26(23)33-25(19)28)18-10-11-20-21(12-18)32-14-31-20/h1-12,19,22,28H,14H2,(H,29,30). The Labute approximate surface area is 189 Å². The van der Waals surface area contributed by atoms with E-state index in [1.807, 2.05) is 60.7 Å². The number of nitriles is 1. The highest BCUT2D eigenvalue weighted by Gasteiger charge is 2.41. The number of rotatable bonds is 3. The van der Waals surface area contributed by atoms with Crippen molar-refractivity contribution in [3.8, 4) is 45.8 Å². The summed E-state index contributed by atoms with van der Waals surface area (Å²) in [6.45, 7) is 0.188. The van der Waals surface area contributed by atoms with E-state index in [1.165, 1.54) is 0 Å². The van der Waals surface area contributed by atoms with Gasteiger partial charge in [0.05, 0.1) is 17.3 Å². The van der Waals surface area contributed by atoms with Crippen molar-refractivity contribution < 1.29 is 14.2 Å². The lowest BCUT2D eigenvalue weighted by Gasteiger charge is -2.28. The second-order valence-corrected chi connectivity index (χ2v) is 7.92. The molecule has 160 valence electrons. The average molecular weight is 434 g/mol. The third kappa shape index (κ3) is 3.12. The van der Waals surface area contributed by atoms with Crippen LogP contribution in [-0.2, 0) is 0 Å². The summed E-state index contributed by atoms with van der Waals surface area (Å²) in [5.41, 5.74) is 5.44. The van der Waals surface area contributed by atoms with Gasteiger partial charge in [-0.25, -0.2) is 0 Å². The van der Waals surface area contributed by atoms with E-state index in [1.54, 1.807) is 0 Å². The summed E-state index contributed by atoms with van der Waals surface area (Å²) in [7, 11) is 0. The van der Waals surface area contributed by atoms with Crippen molar-refractivity contribution in [1.82, 2.24) is 10.2 Å². The maximum Gasteiger partial charge on any atom is 0.244 e. The number of aromatic nitrogens is 2. The molecule has 2 N–H and O–H groups in total. The normalized spacial score (nSPS) is 18.3. The third-order valence-electron chi connectivity index (χ3n) is 6.08. The van der Waals surface area contributed by atoms with Gasteiger partial charge in [0, 0.05) is 11.5 Å². The van der Waals surface area contributed by atoms with Gasteiger partial charge in [0.1, 0.15) is 5.92 Å². The second kappa shape index (κ2) is 7.53. The molecule has 33 heavy (non-hydrogen) atoms. The van der Waals surface area contributed by atoms with E-state index in [4.69, 9.17) is 19.6 Å². The van der Waals surface area contributed by atoms with Crippen LogP contribution in [0.5, 0.6) is 17.4 Å². The molecule has 0 aliphatic carbocycles. The zero-order valence-corrected chi connectivity index (χ0v) is 17.4. The third-order valence-corrected chi connectivity index (χ3v) is 6.08. The highest BCUT2D eigenvalue weighted by Crippen LogP contribution is 2.47. The number of nitrogens with zero attached hydrogens (tertiary/aromatic N) is 2. The number of hydrogen-bond donors (Lipinski definition) is 2. The van der Waals surface area contributed by atoms with Crippen LogP contribution in [0.1, 0.15) is 17.0 Å². The molecule has 2 aliphatic rings. The highest BCUT2D eigenvalue weighted by atomic mass is 16.7. The summed E-state index contributed by atoms with van der Waals surface area (Å²) < 4.78 is 16.6. The van der Waals surface area contributed by atoms with Crippen molar-refractivity contribution in [2.75, 3.05) is 6.79 Å². The lowest BCUT2D eigenvalue weighted by molar-refractivity contribution is 0.174. The van der Waals surface area contributed by atoms with Gasteiger partial charge >= 0.3 is 0 Å². The maximum absolute atomic E-state index is 9.94. The van der Waals surface area contributed by atoms with Gasteiger partial charge in [-0.1, -0.05) is 54.6 Å². The minimum Gasteiger partial charge on any atom is -0.454 e. The number of aromatic amines is 1. The topological polar surface area (TPSA) is 104 Å². The van der Waals surface area contributed by atoms with E-state index in [0.717, 1.165) is 33.5 Å². The van der Waals surface area contributed by atoms with Crippen LogP contribution in [0.15, 0.2) is 72.8 Å². The van der Waals surface area contributed by atoms with Crippen LogP contribution in [0.4, 0.5) is 0 Å². The van der Waals surface area contributed by atoms with Gasteiger partial charge in [0.25, 0.3) is 0 Å². The maximum atomic E-state index is 9.94. The van der Waals surface area contributed by atoms with Crippen LogP contribution >= 0.6 is 0 Å². The van der Waals surface area contributed by atoms with E-state index < -0.39 is 11.8 Å². The van der Waals surface area contributed by atoms with Crippen molar-refractivity contribution in [2.24, 2.45) is 5.92 Å². The number of fused-ring (bicyclic) bond motifs is 2. The van der Waals surface area contributed by atoms with Crippen molar-refractivity contribution in [3.05, 3.63) is 83.9 Å². The summed E-state index contributed by atoms with van der Waals surface area (Å²) in [5.74, 6) is 0.372. The van der Waals surface area contributed by atoms with Gasteiger partial charge in [0.2, 0.25) is 18.6 Å². The molecule has 4 aromatic rings. The summed E-state index contributed by atoms with van der Waals surface area (Å²) in [5, 5.41) is 25.6. The van der Waals surface area contributed by atoms with Crippen molar-refractivity contribution in [1.29, 1.82) is 10.7 Å². The minimum atomic E-state index is -0.773. The molecule has 6 rings (SSSR count). The predicted molar refractivity (Wildman–Crippen MR) is 121 cm³/mol. The van der Waals surface area contributed by atoms with Crippen LogP contribution in [-0.4, -0.2) is 22.9 Å². The van der Waals surface area contributed by atoms with Crippen LogP contribution in [0, 0.1) is 22.7 Å². The monoisotopic (exact) mass is 434 g/mol. The molecule has 2 unspecified atom stereocenters. The molecular formula is C26H18N4O3. The first-order valence-corrected chi connectivity index (χ1v) is 10.5. The molecule has 2 atom stereocenters. The summed E-state index contributed by atoms with van der Waals surface area (Å²) >= 11 is 0.